The van der Waals surface area contributed by atoms with Gasteiger partial charge in [-0.15, -0.1) is 0 Å². The van der Waals surface area contributed by atoms with E-state index in [0.717, 1.165) is 17.0 Å². The predicted octanol–water partition coefficient (Wildman–Crippen LogP) is 4.58. The Bertz CT molecular complexity index is 1560. The maximum absolute atomic E-state index is 13.9. The SMILES string of the molecule is CSc1ncc2cc(-c3ccc(-c4cccc(C)n4)cc3Cl)c(=O)n(CC3CN(C(=O)O)CCO3)c2n1. The van der Waals surface area contributed by atoms with Gasteiger partial charge in [0.15, 0.2) is 5.16 Å². The van der Waals surface area contributed by atoms with Crippen LogP contribution in [0, 0.1) is 6.92 Å². The number of aryl methyl sites for hydroxylation is 1. The molecule has 4 aromatic rings. The van der Waals surface area contributed by atoms with Crippen molar-refractivity contribution >= 4 is 40.5 Å². The van der Waals surface area contributed by atoms with Gasteiger partial charge in [0, 0.05) is 45.5 Å². The number of morpholine rings is 1. The molecular weight excluding hydrogens is 514 g/mol. The van der Waals surface area contributed by atoms with Crippen LogP contribution in [0.25, 0.3) is 33.4 Å². The van der Waals surface area contributed by atoms with Gasteiger partial charge in [0.25, 0.3) is 5.56 Å². The maximum Gasteiger partial charge on any atom is 0.407 e. The average molecular weight is 538 g/mol. The zero-order valence-electron chi connectivity index (χ0n) is 20.2. The number of carboxylic acid groups (broad SMARTS) is 1. The van der Waals surface area contributed by atoms with Crippen molar-refractivity contribution in [1.82, 2.24) is 24.4 Å². The van der Waals surface area contributed by atoms with Crippen molar-refractivity contribution in [3.63, 3.8) is 0 Å². The van der Waals surface area contributed by atoms with Gasteiger partial charge in [0.2, 0.25) is 0 Å². The molecule has 0 radical (unpaired) electrons. The summed E-state index contributed by atoms with van der Waals surface area (Å²) in [5.74, 6) is 0. The Kier molecular flexibility index (Phi) is 7.14. The van der Waals surface area contributed by atoms with Crippen LogP contribution in [0.15, 0.2) is 58.6 Å². The maximum atomic E-state index is 13.9. The molecule has 1 N–H and O–H groups in total. The van der Waals surface area contributed by atoms with Gasteiger partial charge in [-0.2, -0.15) is 0 Å². The molecule has 190 valence electrons. The molecule has 1 aliphatic rings. The van der Waals surface area contributed by atoms with Crippen molar-refractivity contribution in [2.75, 3.05) is 26.0 Å². The quantitative estimate of drug-likeness (QED) is 0.291. The smallest absolute Gasteiger partial charge is 0.407 e. The van der Waals surface area contributed by atoms with Crippen molar-refractivity contribution in [1.29, 1.82) is 0 Å². The van der Waals surface area contributed by atoms with Gasteiger partial charge in [0.05, 0.1) is 31.5 Å². The number of ether oxygens (including phenoxy) is 1. The molecule has 1 aromatic carbocycles. The van der Waals surface area contributed by atoms with Crippen molar-refractivity contribution in [3.05, 3.63) is 69.7 Å². The second kappa shape index (κ2) is 10.5. The Labute approximate surface area is 222 Å². The first kappa shape index (κ1) is 25.2. The highest BCUT2D eigenvalue weighted by Gasteiger charge is 2.26. The molecule has 0 saturated carbocycles. The van der Waals surface area contributed by atoms with Crippen LogP contribution in [0.1, 0.15) is 5.69 Å². The van der Waals surface area contributed by atoms with Crippen LogP contribution in [-0.4, -0.2) is 67.7 Å². The molecule has 9 nitrogen and oxygen atoms in total. The first-order valence-electron chi connectivity index (χ1n) is 11.6. The van der Waals surface area contributed by atoms with Crippen LogP contribution in [0.4, 0.5) is 4.79 Å². The lowest BCUT2D eigenvalue weighted by Gasteiger charge is -2.31. The Morgan fingerprint density at radius 2 is 2.05 bits per heavy atom. The Morgan fingerprint density at radius 1 is 1.22 bits per heavy atom. The summed E-state index contributed by atoms with van der Waals surface area (Å²) in [5, 5.41) is 11.0. The molecule has 0 aliphatic carbocycles. The van der Waals surface area contributed by atoms with Crippen molar-refractivity contribution < 1.29 is 14.6 Å². The topological polar surface area (TPSA) is 110 Å². The Balaban J connectivity index is 1.60. The van der Waals surface area contributed by atoms with E-state index in [1.807, 2.05) is 43.5 Å². The van der Waals surface area contributed by atoms with Crippen molar-refractivity contribution in [3.8, 4) is 22.4 Å². The minimum absolute atomic E-state index is 0.140. The number of fused-ring (bicyclic) bond motifs is 1. The summed E-state index contributed by atoms with van der Waals surface area (Å²) in [6.07, 6.45) is 2.02. The normalized spacial score (nSPS) is 15.8. The number of halogens is 1. The zero-order valence-corrected chi connectivity index (χ0v) is 21.8. The largest absolute Gasteiger partial charge is 0.465 e. The molecule has 4 heterocycles. The molecule has 5 rings (SSSR count). The van der Waals surface area contributed by atoms with Crippen molar-refractivity contribution in [2.45, 2.75) is 24.7 Å². The molecule has 1 fully saturated rings. The van der Waals surface area contributed by atoms with Gasteiger partial charge in [-0.3, -0.25) is 14.3 Å². The van der Waals surface area contributed by atoms with E-state index < -0.39 is 12.2 Å². The van der Waals surface area contributed by atoms with Gasteiger partial charge in [0.1, 0.15) is 5.65 Å². The number of aromatic nitrogens is 4. The van der Waals surface area contributed by atoms with Crippen molar-refractivity contribution in [2.24, 2.45) is 0 Å². The Hall–Kier alpha value is -3.47. The van der Waals surface area contributed by atoms with E-state index in [9.17, 15) is 14.7 Å². The molecule has 1 saturated heterocycles. The van der Waals surface area contributed by atoms with Crippen LogP contribution in [-0.2, 0) is 11.3 Å². The van der Waals surface area contributed by atoms with Gasteiger partial charge in [-0.1, -0.05) is 41.6 Å². The fraction of sp³-hybridized carbons (Fsp3) is 0.269. The third-order valence-corrected chi connectivity index (χ3v) is 7.10. The van der Waals surface area contributed by atoms with Crippen LogP contribution in [0.2, 0.25) is 5.02 Å². The van der Waals surface area contributed by atoms with Crippen LogP contribution in [0.3, 0.4) is 0 Å². The van der Waals surface area contributed by atoms with E-state index in [4.69, 9.17) is 16.3 Å². The number of thioether (sulfide) groups is 1. The van der Waals surface area contributed by atoms with Gasteiger partial charge in [-0.05, 0) is 37.4 Å². The molecular formula is C26H24ClN5O4S. The van der Waals surface area contributed by atoms with Gasteiger partial charge >= 0.3 is 6.09 Å². The number of nitrogens with zero attached hydrogens (tertiary/aromatic N) is 5. The predicted molar refractivity (Wildman–Crippen MR) is 143 cm³/mol. The Morgan fingerprint density at radius 3 is 2.78 bits per heavy atom. The third-order valence-electron chi connectivity index (χ3n) is 6.23. The standard InChI is InChI=1S/C26H24ClN5O4S/c1-15-4-3-5-22(29-15)16-6-7-19(21(27)11-16)20-10-17-12-28-25(37-2)30-23(17)32(24(20)33)14-18-13-31(26(34)35)8-9-36-18/h3-7,10-12,18H,8-9,13-14H2,1-2H3,(H,34,35). The first-order valence-corrected chi connectivity index (χ1v) is 13.2. The number of carbonyl (C=O) groups is 1. The minimum Gasteiger partial charge on any atom is -0.465 e. The zero-order chi connectivity index (χ0) is 26.1. The van der Waals surface area contributed by atoms with Crippen LogP contribution in [0.5, 0.6) is 0 Å². The number of hydrogen-bond acceptors (Lipinski definition) is 7. The second-order valence-corrected chi connectivity index (χ2v) is 9.87. The number of amides is 1. The van der Waals surface area contributed by atoms with Gasteiger partial charge in [-0.25, -0.2) is 14.8 Å². The molecule has 3 aromatic heterocycles. The fourth-order valence-corrected chi connectivity index (χ4v) is 5.03. The number of rotatable bonds is 5. The molecule has 1 aliphatic heterocycles. The lowest BCUT2D eigenvalue weighted by atomic mass is 10.0. The summed E-state index contributed by atoms with van der Waals surface area (Å²) >= 11 is 8.09. The number of benzene rings is 1. The molecule has 0 bridgehead atoms. The summed E-state index contributed by atoms with van der Waals surface area (Å²) in [6.45, 7) is 2.77. The highest BCUT2D eigenvalue weighted by Crippen LogP contribution is 2.32. The lowest BCUT2D eigenvalue weighted by molar-refractivity contribution is -0.0291. The van der Waals surface area contributed by atoms with Gasteiger partial charge < -0.3 is 14.7 Å². The highest BCUT2D eigenvalue weighted by atomic mass is 35.5. The minimum atomic E-state index is -1.01. The first-order chi connectivity index (χ1) is 17.8. The molecule has 37 heavy (non-hydrogen) atoms. The molecule has 11 heteroatoms. The van der Waals surface area contributed by atoms with E-state index >= 15 is 0 Å². The molecule has 0 spiro atoms. The molecule has 1 atom stereocenters. The number of pyridine rings is 2. The average Bonchev–Trinajstić information content (AvgIpc) is 2.90. The third kappa shape index (κ3) is 5.18. The summed E-state index contributed by atoms with van der Waals surface area (Å²) in [5.41, 5.74) is 3.66. The summed E-state index contributed by atoms with van der Waals surface area (Å²) in [6, 6.07) is 13.0. The summed E-state index contributed by atoms with van der Waals surface area (Å²) in [4.78, 5) is 40.2. The monoisotopic (exact) mass is 537 g/mol. The molecule has 1 unspecified atom stereocenters. The van der Waals surface area contributed by atoms with E-state index in [1.165, 1.54) is 21.2 Å². The second-order valence-electron chi connectivity index (χ2n) is 8.69. The number of hydrogen-bond donors (Lipinski definition) is 1. The fourth-order valence-electron chi connectivity index (χ4n) is 4.41. The molecule has 1 amide bonds. The summed E-state index contributed by atoms with van der Waals surface area (Å²) in [7, 11) is 0. The van der Waals surface area contributed by atoms with E-state index in [1.54, 1.807) is 18.3 Å². The van der Waals surface area contributed by atoms with Crippen LogP contribution >= 0.6 is 23.4 Å². The van der Waals surface area contributed by atoms with E-state index in [2.05, 4.69) is 15.0 Å². The van der Waals surface area contributed by atoms with Crippen LogP contribution < -0.4 is 5.56 Å². The lowest BCUT2D eigenvalue weighted by Crippen LogP contribution is -2.47. The highest BCUT2D eigenvalue weighted by molar-refractivity contribution is 7.98. The van der Waals surface area contributed by atoms with E-state index in [0.29, 0.717) is 32.3 Å². The summed E-state index contributed by atoms with van der Waals surface area (Å²) < 4.78 is 7.36. The van der Waals surface area contributed by atoms with E-state index in [-0.39, 0.29) is 31.8 Å².